The molecule has 1 saturated heterocycles. The van der Waals surface area contributed by atoms with Gasteiger partial charge < -0.3 is 5.73 Å². The maximum atomic E-state index is 13.4. The molecule has 0 aromatic heterocycles. The fourth-order valence-electron chi connectivity index (χ4n) is 1.47. The Morgan fingerprint density at radius 1 is 1.29 bits per heavy atom. The number of nitrogens with zero attached hydrogens (tertiary/aromatic N) is 1. The lowest BCUT2D eigenvalue weighted by molar-refractivity contribution is -0.0286. The lowest BCUT2D eigenvalue weighted by Gasteiger charge is -2.15. The molecule has 1 aliphatic heterocycles. The molecule has 0 saturated carbocycles. The average Bonchev–Trinajstić information content (AvgIpc) is 2.77. The van der Waals surface area contributed by atoms with Gasteiger partial charge in [-0.1, -0.05) is 4.47 Å². The molecule has 17 heavy (non-hydrogen) atoms. The molecule has 0 unspecified atom stereocenters. The highest BCUT2D eigenvalue weighted by Crippen LogP contribution is 2.25. The van der Waals surface area contributed by atoms with Crippen molar-refractivity contribution in [2.75, 3.05) is 18.9 Å². The fraction of sp³-hybridized carbons (Fsp3) is 0.333. The van der Waals surface area contributed by atoms with E-state index in [0.717, 1.165) is 6.07 Å². The van der Waals surface area contributed by atoms with E-state index in [1.807, 2.05) is 0 Å². The smallest absolute Gasteiger partial charge is 0.268 e. The summed E-state index contributed by atoms with van der Waals surface area (Å²) in [5.41, 5.74) is 4.79. The number of hydroxylamine groups is 1. The predicted octanol–water partition coefficient (Wildman–Crippen LogP) is 0.873. The van der Waals surface area contributed by atoms with E-state index < -0.39 is 32.2 Å². The van der Waals surface area contributed by atoms with Crippen LogP contribution in [0.1, 0.15) is 6.42 Å². The van der Waals surface area contributed by atoms with E-state index in [2.05, 4.69) is 0 Å². The Kier molecular flexibility index (Phi) is 3.02. The van der Waals surface area contributed by atoms with Crippen LogP contribution in [0.3, 0.4) is 0 Å². The minimum Gasteiger partial charge on any atom is -0.396 e. The first-order valence-electron chi connectivity index (χ1n) is 4.83. The van der Waals surface area contributed by atoms with Crippen LogP contribution in [0.5, 0.6) is 0 Å². The van der Waals surface area contributed by atoms with Crippen molar-refractivity contribution in [3.05, 3.63) is 23.8 Å². The molecule has 0 atom stereocenters. The first-order valence-corrected chi connectivity index (χ1v) is 6.27. The largest absolute Gasteiger partial charge is 0.396 e. The van der Waals surface area contributed by atoms with E-state index >= 15 is 0 Å². The Balaban J connectivity index is 2.49. The van der Waals surface area contributed by atoms with E-state index in [1.54, 1.807) is 0 Å². The summed E-state index contributed by atoms with van der Waals surface area (Å²) in [4.78, 5) is 4.16. The molecule has 94 valence electrons. The van der Waals surface area contributed by atoms with Gasteiger partial charge in [0, 0.05) is 12.6 Å². The summed E-state index contributed by atoms with van der Waals surface area (Å²) in [7, 11) is -4.12. The molecular formula is C9H10F2N2O3S. The number of benzene rings is 1. The van der Waals surface area contributed by atoms with E-state index in [1.165, 1.54) is 0 Å². The quantitative estimate of drug-likeness (QED) is 0.804. The Labute approximate surface area is 96.8 Å². The standard InChI is InChI=1S/C9H10F2N2O3S/c10-6-4-7(11)9(5-8(6)12)17(14,15)13-2-1-3-16-13/h4-5H,1-3,12H2. The topological polar surface area (TPSA) is 72.6 Å². The third-order valence-corrected chi connectivity index (χ3v) is 4.01. The Morgan fingerprint density at radius 2 is 2.00 bits per heavy atom. The van der Waals surface area contributed by atoms with E-state index in [0.29, 0.717) is 17.0 Å². The second-order valence-electron chi connectivity index (χ2n) is 3.52. The number of nitrogens with two attached hydrogens (primary N) is 1. The second-order valence-corrected chi connectivity index (χ2v) is 5.32. The van der Waals surface area contributed by atoms with Crippen LogP contribution >= 0.6 is 0 Å². The number of anilines is 1. The molecule has 1 aliphatic rings. The van der Waals surface area contributed by atoms with Gasteiger partial charge in [-0.05, 0) is 12.5 Å². The van der Waals surface area contributed by atoms with Crippen LogP contribution in [0.25, 0.3) is 0 Å². The number of nitrogen functional groups attached to an aromatic ring is 1. The zero-order valence-corrected chi connectivity index (χ0v) is 9.51. The van der Waals surface area contributed by atoms with Crippen molar-refractivity contribution in [2.45, 2.75) is 11.3 Å². The van der Waals surface area contributed by atoms with E-state index in [-0.39, 0.29) is 13.2 Å². The number of hydrogen-bond donors (Lipinski definition) is 1. The zero-order chi connectivity index (χ0) is 12.6. The lowest BCUT2D eigenvalue weighted by Crippen LogP contribution is -2.27. The normalized spacial score (nSPS) is 17.5. The minimum absolute atomic E-state index is 0.138. The van der Waals surface area contributed by atoms with Crippen molar-refractivity contribution < 1.29 is 22.0 Å². The van der Waals surface area contributed by atoms with Gasteiger partial charge in [-0.15, -0.1) is 0 Å². The molecule has 8 heteroatoms. The van der Waals surface area contributed by atoms with Crippen LogP contribution in [0.2, 0.25) is 0 Å². The Morgan fingerprint density at radius 3 is 2.59 bits per heavy atom. The lowest BCUT2D eigenvalue weighted by atomic mass is 10.3. The van der Waals surface area contributed by atoms with Gasteiger partial charge in [0.15, 0.2) is 0 Å². The third-order valence-electron chi connectivity index (χ3n) is 2.32. The summed E-state index contributed by atoms with van der Waals surface area (Å²) in [6, 6.07) is 1.19. The van der Waals surface area contributed by atoms with Gasteiger partial charge in [0.2, 0.25) is 0 Å². The Bertz CT molecular complexity index is 541. The SMILES string of the molecule is Nc1cc(S(=O)(=O)N2CCCO2)c(F)cc1F. The molecular weight excluding hydrogens is 254 g/mol. The van der Waals surface area contributed by atoms with Gasteiger partial charge in [-0.3, -0.25) is 4.84 Å². The van der Waals surface area contributed by atoms with Crippen LogP contribution in [0, 0.1) is 11.6 Å². The molecule has 0 amide bonds. The predicted molar refractivity (Wildman–Crippen MR) is 55.2 cm³/mol. The van der Waals surface area contributed by atoms with Gasteiger partial charge >= 0.3 is 0 Å². The third kappa shape index (κ3) is 2.11. The van der Waals surface area contributed by atoms with Crippen molar-refractivity contribution in [3.63, 3.8) is 0 Å². The molecule has 0 spiro atoms. The van der Waals surface area contributed by atoms with Gasteiger partial charge in [0.1, 0.15) is 16.5 Å². The highest BCUT2D eigenvalue weighted by molar-refractivity contribution is 7.89. The van der Waals surface area contributed by atoms with Crippen LogP contribution in [-0.4, -0.2) is 26.0 Å². The van der Waals surface area contributed by atoms with Gasteiger partial charge in [-0.25, -0.2) is 17.2 Å². The first-order chi connectivity index (χ1) is 7.93. The van der Waals surface area contributed by atoms with Crippen molar-refractivity contribution in [2.24, 2.45) is 0 Å². The van der Waals surface area contributed by atoms with Crippen molar-refractivity contribution in [1.82, 2.24) is 4.47 Å². The van der Waals surface area contributed by atoms with Gasteiger partial charge in [-0.2, -0.15) is 0 Å². The first kappa shape index (κ1) is 12.2. The van der Waals surface area contributed by atoms with E-state index in [4.69, 9.17) is 10.6 Å². The molecule has 0 bridgehead atoms. The van der Waals surface area contributed by atoms with Crippen molar-refractivity contribution in [1.29, 1.82) is 0 Å². The van der Waals surface area contributed by atoms with Gasteiger partial charge in [0.25, 0.3) is 10.0 Å². The summed E-state index contributed by atoms with van der Waals surface area (Å²) in [6.45, 7) is 0.385. The maximum absolute atomic E-state index is 13.4. The number of rotatable bonds is 2. The second kappa shape index (κ2) is 4.21. The molecule has 5 nitrogen and oxygen atoms in total. The maximum Gasteiger partial charge on any atom is 0.268 e. The molecule has 1 fully saturated rings. The van der Waals surface area contributed by atoms with Crippen molar-refractivity contribution in [3.8, 4) is 0 Å². The van der Waals surface area contributed by atoms with Crippen molar-refractivity contribution >= 4 is 15.7 Å². The Hall–Kier alpha value is -1.25. The van der Waals surface area contributed by atoms with Crippen LogP contribution < -0.4 is 5.73 Å². The summed E-state index contributed by atoms with van der Waals surface area (Å²) >= 11 is 0. The number of halogens is 2. The molecule has 0 aliphatic carbocycles. The van der Waals surface area contributed by atoms with Crippen LogP contribution in [-0.2, 0) is 14.9 Å². The van der Waals surface area contributed by atoms with Crippen LogP contribution in [0.4, 0.5) is 14.5 Å². The number of hydrogen-bond acceptors (Lipinski definition) is 4. The molecule has 2 rings (SSSR count). The average molecular weight is 264 g/mol. The highest BCUT2D eigenvalue weighted by atomic mass is 32.2. The van der Waals surface area contributed by atoms with E-state index in [9.17, 15) is 17.2 Å². The summed E-state index contributed by atoms with van der Waals surface area (Å²) in [6.07, 6.45) is 0.525. The minimum atomic E-state index is -4.12. The molecule has 2 N–H and O–H groups in total. The highest BCUT2D eigenvalue weighted by Gasteiger charge is 2.31. The number of sulfonamides is 1. The van der Waals surface area contributed by atoms with Crippen LogP contribution in [0.15, 0.2) is 17.0 Å². The molecule has 0 radical (unpaired) electrons. The molecule has 1 aromatic rings. The summed E-state index contributed by atoms with van der Waals surface area (Å²) in [5, 5.41) is 0. The van der Waals surface area contributed by atoms with Gasteiger partial charge in [0.05, 0.1) is 12.3 Å². The monoisotopic (exact) mass is 264 g/mol. The molecule has 1 heterocycles. The zero-order valence-electron chi connectivity index (χ0n) is 8.69. The summed E-state index contributed by atoms with van der Waals surface area (Å²) < 4.78 is 50.8. The fourth-order valence-corrected chi connectivity index (χ4v) is 2.85. The summed E-state index contributed by atoms with van der Waals surface area (Å²) in [5.74, 6) is -2.18. The molecule has 1 aromatic carbocycles.